The molecule has 1 atom stereocenters. The number of carbonyl (C=O) groups is 1. The zero-order chi connectivity index (χ0) is 14.7. The molecular weight excluding hydrogens is 254 g/mol. The third-order valence-electron chi connectivity index (χ3n) is 3.02. The van der Waals surface area contributed by atoms with E-state index in [4.69, 9.17) is 9.68 Å². The average molecular weight is 269 g/mol. The van der Waals surface area contributed by atoms with Crippen molar-refractivity contribution in [3.8, 4) is 6.07 Å². The fourth-order valence-electron chi connectivity index (χ4n) is 2.02. The number of aromatic nitrogens is 1. The molecule has 0 saturated carbocycles. The topological polar surface area (TPSA) is 78.9 Å². The molecule has 0 radical (unpaired) electrons. The van der Waals surface area contributed by atoms with Crippen molar-refractivity contribution in [3.63, 3.8) is 0 Å². The number of hydrogen-bond acceptors (Lipinski definition) is 4. The van der Waals surface area contributed by atoms with Crippen LogP contribution in [0.3, 0.4) is 0 Å². The molecule has 1 unspecified atom stereocenters. The van der Waals surface area contributed by atoms with Crippen molar-refractivity contribution in [3.05, 3.63) is 52.7 Å². The van der Waals surface area contributed by atoms with E-state index in [-0.39, 0.29) is 17.6 Å². The Hall–Kier alpha value is -2.61. The average Bonchev–Trinajstić information content (AvgIpc) is 2.78. The molecule has 1 N–H and O–H groups in total. The van der Waals surface area contributed by atoms with Gasteiger partial charge in [0, 0.05) is 11.8 Å². The lowest BCUT2D eigenvalue weighted by Crippen LogP contribution is -2.27. The molecule has 0 fully saturated rings. The van der Waals surface area contributed by atoms with Crippen molar-refractivity contribution in [2.75, 3.05) is 0 Å². The zero-order valence-corrected chi connectivity index (χ0v) is 11.6. The van der Waals surface area contributed by atoms with Crippen molar-refractivity contribution in [2.24, 2.45) is 0 Å². The Balaban J connectivity index is 2.11. The number of pyridine rings is 1. The summed E-state index contributed by atoms with van der Waals surface area (Å²) in [6, 6.07) is 6.81. The molecule has 2 aromatic heterocycles. The highest BCUT2D eigenvalue weighted by molar-refractivity contribution is 5.92. The first-order valence-electron chi connectivity index (χ1n) is 6.25. The Kier molecular flexibility index (Phi) is 3.85. The van der Waals surface area contributed by atoms with Crippen LogP contribution in [-0.2, 0) is 0 Å². The van der Waals surface area contributed by atoms with E-state index < -0.39 is 0 Å². The summed E-state index contributed by atoms with van der Waals surface area (Å²) >= 11 is 0. The van der Waals surface area contributed by atoms with Gasteiger partial charge >= 0.3 is 0 Å². The number of nitrogens with zero attached hydrogens (tertiary/aromatic N) is 2. The molecule has 1 amide bonds. The van der Waals surface area contributed by atoms with Crippen LogP contribution in [0, 0.1) is 25.2 Å². The normalized spacial score (nSPS) is 11.7. The number of hydrogen-bond donors (Lipinski definition) is 1. The van der Waals surface area contributed by atoms with Gasteiger partial charge in [-0.25, -0.2) is 4.98 Å². The summed E-state index contributed by atoms with van der Waals surface area (Å²) in [5.74, 6) is 1.33. The summed E-state index contributed by atoms with van der Waals surface area (Å²) < 4.78 is 5.45. The highest BCUT2D eigenvalue weighted by atomic mass is 16.3. The van der Waals surface area contributed by atoms with Crippen molar-refractivity contribution >= 4 is 5.91 Å². The molecule has 2 heterocycles. The van der Waals surface area contributed by atoms with Crippen LogP contribution in [0.4, 0.5) is 0 Å². The Morgan fingerprint density at radius 2 is 2.20 bits per heavy atom. The van der Waals surface area contributed by atoms with E-state index in [1.165, 1.54) is 12.3 Å². The van der Waals surface area contributed by atoms with E-state index in [9.17, 15) is 4.79 Å². The third-order valence-corrected chi connectivity index (χ3v) is 3.02. The minimum absolute atomic E-state index is 0.169. The monoisotopic (exact) mass is 269 g/mol. The molecule has 102 valence electrons. The Morgan fingerprint density at radius 1 is 1.45 bits per heavy atom. The van der Waals surface area contributed by atoms with Crippen molar-refractivity contribution < 1.29 is 9.21 Å². The molecule has 0 saturated heterocycles. The maximum Gasteiger partial charge on any atom is 0.270 e. The molecule has 5 heteroatoms. The van der Waals surface area contributed by atoms with Gasteiger partial charge in [0.25, 0.3) is 5.91 Å². The quantitative estimate of drug-likeness (QED) is 0.929. The maximum absolute atomic E-state index is 12.1. The predicted molar refractivity (Wildman–Crippen MR) is 73.0 cm³/mol. The second-order valence-corrected chi connectivity index (χ2v) is 4.61. The predicted octanol–water partition coefficient (Wildman–Crippen LogP) is 2.65. The summed E-state index contributed by atoms with van der Waals surface area (Å²) in [4.78, 5) is 16.0. The smallest absolute Gasteiger partial charge is 0.270 e. The zero-order valence-electron chi connectivity index (χ0n) is 11.6. The van der Waals surface area contributed by atoms with Gasteiger partial charge in [0.05, 0.1) is 11.6 Å². The largest absolute Gasteiger partial charge is 0.466 e. The van der Waals surface area contributed by atoms with E-state index in [1.54, 1.807) is 6.07 Å². The number of furan rings is 1. The van der Waals surface area contributed by atoms with Gasteiger partial charge in [-0.1, -0.05) is 0 Å². The van der Waals surface area contributed by atoms with Crippen LogP contribution in [0.5, 0.6) is 0 Å². The molecular formula is C15H15N3O2. The van der Waals surface area contributed by atoms with Crippen LogP contribution < -0.4 is 5.32 Å². The second-order valence-electron chi connectivity index (χ2n) is 4.61. The van der Waals surface area contributed by atoms with Crippen LogP contribution in [0.1, 0.15) is 46.1 Å². The molecule has 0 bridgehead atoms. The molecule has 0 aromatic carbocycles. The Bertz CT molecular complexity index is 665. The van der Waals surface area contributed by atoms with Gasteiger partial charge in [-0.15, -0.1) is 0 Å². The highest BCUT2D eigenvalue weighted by Gasteiger charge is 2.16. The van der Waals surface area contributed by atoms with Crippen molar-refractivity contribution in [1.29, 1.82) is 5.26 Å². The molecule has 5 nitrogen and oxygen atoms in total. The molecule has 20 heavy (non-hydrogen) atoms. The van der Waals surface area contributed by atoms with E-state index in [0.717, 1.165) is 17.1 Å². The Morgan fingerprint density at radius 3 is 2.70 bits per heavy atom. The third kappa shape index (κ3) is 2.86. The number of carbonyl (C=O) groups excluding carboxylic acids is 1. The van der Waals surface area contributed by atoms with Crippen LogP contribution in [-0.4, -0.2) is 10.9 Å². The van der Waals surface area contributed by atoms with Crippen molar-refractivity contribution in [1.82, 2.24) is 10.3 Å². The summed E-state index contributed by atoms with van der Waals surface area (Å²) in [6.45, 7) is 5.62. The van der Waals surface area contributed by atoms with Gasteiger partial charge in [0.1, 0.15) is 23.3 Å². The van der Waals surface area contributed by atoms with E-state index >= 15 is 0 Å². The first-order valence-corrected chi connectivity index (χ1v) is 6.25. The van der Waals surface area contributed by atoms with Crippen molar-refractivity contribution in [2.45, 2.75) is 26.8 Å². The number of nitriles is 1. The molecule has 0 spiro atoms. The fourth-order valence-corrected chi connectivity index (χ4v) is 2.02. The minimum atomic E-state index is -0.278. The molecule has 2 aromatic rings. The lowest BCUT2D eigenvalue weighted by molar-refractivity contribution is 0.0934. The SMILES string of the molecule is Cc1cc(C(C)NC(=O)c2ccc(C#N)cn2)c(C)o1. The lowest BCUT2D eigenvalue weighted by Gasteiger charge is -2.12. The van der Waals surface area contributed by atoms with Gasteiger partial charge in [-0.3, -0.25) is 4.79 Å². The van der Waals surface area contributed by atoms with Crippen LogP contribution in [0.25, 0.3) is 0 Å². The highest BCUT2D eigenvalue weighted by Crippen LogP contribution is 2.21. The van der Waals surface area contributed by atoms with Gasteiger partial charge in [0.2, 0.25) is 0 Å². The van der Waals surface area contributed by atoms with Gasteiger partial charge in [0.15, 0.2) is 0 Å². The Labute approximate surface area is 117 Å². The molecule has 0 aliphatic carbocycles. The summed E-state index contributed by atoms with van der Waals surface area (Å²) in [5.41, 5.74) is 1.66. The maximum atomic E-state index is 12.1. The molecule has 0 aliphatic rings. The van der Waals surface area contributed by atoms with Gasteiger partial charge in [-0.05, 0) is 39.0 Å². The lowest BCUT2D eigenvalue weighted by atomic mass is 10.1. The second kappa shape index (κ2) is 5.57. The molecule has 0 aliphatic heterocycles. The first-order chi connectivity index (χ1) is 9.51. The van der Waals surface area contributed by atoms with Gasteiger partial charge < -0.3 is 9.73 Å². The summed E-state index contributed by atoms with van der Waals surface area (Å²) in [5, 5.41) is 11.6. The minimum Gasteiger partial charge on any atom is -0.466 e. The first kappa shape index (κ1) is 13.8. The molecule has 2 rings (SSSR count). The van der Waals surface area contributed by atoms with Crippen LogP contribution in [0.2, 0.25) is 0 Å². The summed E-state index contributed by atoms with van der Waals surface area (Å²) in [7, 11) is 0. The van der Waals surface area contributed by atoms with Crippen LogP contribution in [0.15, 0.2) is 28.8 Å². The number of nitrogens with one attached hydrogen (secondary N) is 1. The van der Waals surface area contributed by atoms with E-state index in [2.05, 4.69) is 10.3 Å². The fraction of sp³-hybridized carbons (Fsp3) is 0.267. The van der Waals surface area contributed by atoms with Gasteiger partial charge in [-0.2, -0.15) is 5.26 Å². The number of rotatable bonds is 3. The van der Waals surface area contributed by atoms with E-state index in [0.29, 0.717) is 5.56 Å². The number of amides is 1. The van der Waals surface area contributed by atoms with Crippen LogP contribution >= 0.6 is 0 Å². The standard InChI is InChI=1S/C15H15N3O2/c1-9-6-13(11(3)20-9)10(2)18-15(19)14-5-4-12(7-16)8-17-14/h4-6,8,10H,1-3H3,(H,18,19). The van der Waals surface area contributed by atoms with E-state index in [1.807, 2.05) is 32.9 Å². The summed E-state index contributed by atoms with van der Waals surface area (Å²) in [6.07, 6.45) is 1.38. The number of aryl methyl sites for hydroxylation is 2.